The summed E-state index contributed by atoms with van der Waals surface area (Å²) in [6.45, 7) is -0.0926. The number of hydrogen-bond donors (Lipinski definition) is 0. The second-order valence-electron chi connectivity index (χ2n) is 6.41. The fourth-order valence-corrected chi connectivity index (χ4v) is 5.72. The first-order chi connectivity index (χ1) is 11.4. The van der Waals surface area contributed by atoms with Crippen molar-refractivity contribution >= 4 is 37.3 Å². The van der Waals surface area contributed by atoms with E-state index in [2.05, 4.69) is 4.98 Å². The molecule has 3 heterocycles. The van der Waals surface area contributed by atoms with E-state index >= 15 is 0 Å². The molecule has 0 spiro atoms. The van der Waals surface area contributed by atoms with Crippen LogP contribution in [0, 0.1) is 0 Å². The Hall–Kier alpha value is -1.74. The summed E-state index contributed by atoms with van der Waals surface area (Å²) in [6, 6.07) is 1.56. The topological polar surface area (TPSA) is 89.3 Å². The summed E-state index contributed by atoms with van der Waals surface area (Å²) < 4.78 is 24.8. The van der Waals surface area contributed by atoms with Gasteiger partial charge < -0.3 is 4.90 Å². The van der Waals surface area contributed by atoms with E-state index in [0.29, 0.717) is 16.6 Å². The molecule has 0 radical (unpaired) electrons. The predicted octanol–water partition coefficient (Wildman–Crippen LogP) is 0.636. The molecule has 2 fully saturated rings. The van der Waals surface area contributed by atoms with Crippen molar-refractivity contribution in [3.63, 3.8) is 0 Å². The third-order valence-corrected chi connectivity index (χ3v) is 7.16. The molecule has 2 aromatic rings. The van der Waals surface area contributed by atoms with Crippen molar-refractivity contribution in [2.75, 3.05) is 11.5 Å². The van der Waals surface area contributed by atoms with Gasteiger partial charge in [0.1, 0.15) is 11.4 Å². The van der Waals surface area contributed by atoms with Crippen molar-refractivity contribution in [2.24, 2.45) is 0 Å². The van der Waals surface area contributed by atoms with Crippen LogP contribution < -0.4 is 5.56 Å². The maximum atomic E-state index is 12.8. The Labute approximate surface area is 142 Å². The van der Waals surface area contributed by atoms with Crippen molar-refractivity contribution in [3.05, 3.63) is 28.1 Å². The number of amides is 1. The summed E-state index contributed by atoms with van der Waals surface area (Å²) in [4.78, 5) is 31.8. The summed E-state index contributed by atoms with van der Waals surface area (Å²) in [5.41, 5.74) is -0.232. The van der Waals surface area contributed by atoms with E-state index in [0.717, 1.165) is 12.8 Å². The molecule has 1 atom stereocenters. The van der Waals surface area contributed by atoms with E-state index in [-0.39, 0.29) is 41.6 Å². The minimum Gasteiger partial charge on any atom is -0.334 e. The highest BCUT2D eigenvalue weighted by Gasteiger charge is 2.42. The van der Waals surface area contributed by atoms with Crippen LogP contribution in [0.4, 0.5) is 0 Å². The van der Waals surface area contributed by atoms with Crippen molar-refractivity contribution < 1.29 is 13.2 Å². The van der Waals surface area contributed by atoms with Gasteiger partial charge in [0.2, 0.25) is 5.91 Å². The molecule has 2 aliphatic rings. The van der Waals surface area contributed by atoms with Crippen LogP contribution in [0.3, 0.4) is 0 Å². The van der Waals surface area contributed by atoms with Crippen LogP contribution in [0.2, 0.25) is 0 Å². The first-order valence-electron chi connectivity index (χ1n) is 7.89. The van der Waals surface area contributed by atoms with E-state index in [1.807, 2.05) is 0 Å². The number of thiophene rings is 1. The second-order valence-corrected chi connectivity index (χ2v) is 9.53. The number of carbonyl (C=O) groups is 1. The molecular formula is C15H17N3O4S2. The van der Waals surface area contributed by atoms with Crippen LogP contribution in [0.25, 0.3) is 10.2 Å². The van der Waals surface area contributed by atoms with Gasteiger partial charge in [-0.25, -0.2) is 13.4 Å². The van der Waals surface area contributed by atoms with Crippen LogP contribution in [-0.2, 0) is 21.2 Å². The lowest BCUT2D eigenvalue weighted by Gasteiger charge is -2.28. The number of fused-ring (bicyclic) bond motifs is 1. The van der Waals surface area contributed by atoms with Crippen molar-refractivity contribution in [1.82, 2.24) is 14.5 Å². The minimum absolute atomic E-state index is 0.0337. The third-order valence-electron chi connectivity index (χ3n) is 4.59. The quantitative estimate of drug-likeness (QED) is 0.791. The van der Waals surface area contributed by atoms with Gasteiger partial charge in [-0.2, -0.15) is 0 Å². The molecule has 0 aromatic carbocycles. The molecule has 0 N–H and O–H groups in total. The molecule has 0 bridgehead atoms. The van der Waals surface area contributed by atoms with E-state index < -0.39 is 9.84 Å². The Balaban J connectivity index is 1.59. The summed E-state index contributed by atoms with van der Waals surface area (Å²) >= 11 is 1.38. The first-order valence-corrected chi connectivity index (χ1v) is 10.6. The summed E-state index contributed by atoms with van der Waals surface area (Å²) in [5.74, 6) is -0.0271. The van der Waals surface area contributed by atoms with Gasteiger partial charge in [0.25, 0.3) is 5.56 Å². The lowest BCUT2D eigenvalue weighted by molar-refractivity contribution is -0.134. The highest BCUT2D eigenvalue weighted by Crippen LogP contribution is 2.32. The van der Waals surface area contributed by atoms with E-state index in [4.69, 9.17) is 0 Å². The molecule has 2 aromatic heterocycles. The fourth-order valence-electron chi connectivity index (χ4n) is 3.29. The van der Waals surface area contributed by atoms with Crippen LogP contribution in [0.15, 0.2) is 22.6 Å². The molecule has 1 saturated heterocycles. The molecule has 4 rings (SSSR count). The lowest BCUT2D eigenvalue weighted by Crippen LogP contribution is -2.45. The van der Waals surface area contributed by atoms with E-state index in [9.17, 15) is 18.0 Å². The molecule has 128 valence electrons. The smallest absolute Gasteiger partial charge is 0.262 e. The zero-order valence-corrected chi connectivity index (χ0v) is 14.6. The average Bonchev–Trinajstić information content (AvgIpc) is 3.11. The van der Waals surface area contributed by atoms with Gasteiger partial charge in [0, 0.05) is 12.1 Å². The highest BCUT2D eigenvalue weighted by molar-refractivity contribution is 7.91. The van der Waals surface area contributed by atoms with Crippen LogP contribution in [0.5, 0.6) is 0 Å². The molecule has 1 aliphatic carbocycles. The molecule has 1 unspecified atom stereocenters. The van der Waals surface area contributed by atoms with Gasteiger partial charge in [-0.1, -0.05) is 0 Å². The Bertz CT molecular complexity index is 958. The van der Waals surface area contributed by atoms with Gasteiger partial charge in [-0.05, 0) is 30.7 Å². The van der Waals surface area contributed by atoms with Gasteiger partial charge in [0.05, 0.1) is 23.2 Å². The van der Waals surface area contributed by atoms with E-state index in [1.165, 1.54) is 22.2 Å². The summed E-state index contributed by atoms with van der Waals surface area (Å²) in [7, 11) is -3.06. The van der Waals surface area contributed by atoms with Crippen LogP contribution in [0.1, 0.15) is 19.3 Å². The summed E-state index contributed by atoms with van der Waals surface area (Å²) in [6.07, 6.45) is 3.69. The molecule has 1 saturated carbocycles. The van der Waals surface area contributed by atoms with Gasteiger partial charge in [-0.15, -0.1) is 11.3 Å². The molecule has 1 amide bonds. The van der Waals surface area contributed by atoms with Crippen LogP contribution in [-0.4, -0.2) is 52.4 Å². The molecule has 9 heteroatoms. The van der Waals surface area contributed by atoms with E-state index in [1.54, 1.807) is 16.3 Å². The number of sulfone groups is 1. The molecular weight excluding hydrogens is 350 g/mol. The standard InChI is InChI=1S/C15H17N3O4S2/c19-13(7-17-9-16-14-12(15(17)20)3-5-23-14)18(10-1-2-10)11-4-6-24(21,22)8-11/h3,5,9-11H,1-2,4,6-8H2. The Morgan fingerprint density at radius 1 is 1.33 bits per heavy atom. The Morgan fingerprint density at radius 3 is 2.79 bits per heavy atom. The summed E-state index contributed by atoms with van der Waals surface area (Å²) in [5, 5.41) is 2.31. The predicted molar refractivity (Wildman–Crippen MR) is 90.8 cm³/mol. The zero-order valence-electron chi connectivity index (χ0n) is 12.9. The van der Waals surface area contributed by atoms with Crippen LogP contribution >= 0.6 is 11.3 Å². The maximum Gasteiger partial charge on any atom is 0.262 e. The lowest BCUT2D eigenvalue weighted by atomic mass is 10.2. The Morgan fingerprint density at radius 2 is 2.12 bits per heavy atom. The first kappa shape index (κ1) is 15.8. The number of nitrogens with zero attached hydrogens (tertiary/aromatic N) is 3. The molecule has 24 heavy (non-hydrogen) atoms. The van der Waals surface area contributed by atoms with Gasteiger partial charge in [-0.3, -0.25) is 14.2 Å². The number of rotatable bonds is 4. The fraction of sp³-hybridized carbons (Fsp3) is 0.533. The average molecular weight is 367 g/mol. The van der Waals surface area contributed by atoms with Crippen molar-refractivity contribution in [2.45, 2.75) is 37.9 Å². The number of hydrogen-bond acceptors (Lipinski definition) is 6. The maximum absolute atomic E-state index is 12.8. The normalized spacial score (nSPS) is 22.8. The molecule has 1 aliphatic heterocycles. The van der Waals surface area contributed by atoms with Crippen molar-refractivity contribution in [1.29, 1.82) is 0 Å². The highest BCUT2D eigenvalue weighted by atomic mass is 32.2. The number of carbonyl (C=O) groups excluding carboxylic acids is 1. The zero-order chi connectivity index (χ0) is 16.9. The largest absolute Gasteiger partial charge is 0.334 e. The minimum atomic E-state index is -3.06. The Kier molecular flexibility index (Phi) is 3.72. The SMILES string of the molecule is O=C(Cn1cnc2sccc2c1=O)N(C1CC1)C1CCS(=O)(=O)C1. The van der Waals surface area contributed by atoms with Gasteiger partial charge >= 0.3 is 0 Å². The monoisotopic (exact) mass is 367 g/mol. The van der Waals surface area contributed by atoms with Gasteiger partial charge in [0.15, 0.2) is 9.84 Å². The third kappa shape index (κ3) is 2.86. The number of aromatic nitrogens is 2. The second kappa shape index (κ2) is 5.66. The van der Waals surface area contributed by atoms with Crippen molar-refractivity contribution in [3.8, 4) is 0 Å². The molecule has 7 nitrogen and oxygen atoms in total.